The summed E-state index contributed by atoms with van der Waals surface area (Å²) in [5.41, 5.74) is 1.72. The summed E-state index contributed by atoms with van der Waals surface area (Å²) >= 11 is 0. The molecule has 0 radical (unpaired) electrons. The van der Waals surface area contributed by atoms with Gasteiger partial charge in [0.15, 0.2) is 0 Å². The number of fused-ring (bicyclic) bond motifs is 1. The highest BCUT2D eigenvalue weighted by Crippen LogP contribution is 2.30. The number of carbonyl (C=O) groups excluding carboxylic acids is 1. The summed E-state index contributed by atoms with van der Waals surface area (Å²) in [6.07, 6.45) is 1.49. The Hall–Kier alpha value is -1.15. The number of anilines is 1. The van der Waals surface area contributed by atoms with E-state index >= 15 is 0 Å². The number of rotatable bonds is 6. The summed E-state index contributed by atoms with van der Waals surface area (Å²) in [7, 11) is -1.70. The molecule has 0 fully saturated rings. The van der Waals surface area contributed by atoms with Gasteiger partial charge in [0.2, 0.25) is 15.9 Å². The second-order valence-corrected chi connectivity index (χ2v) is 6.83. The molecule has 8 heteroatoms. The molecule has 0 saturated carbocycles. The largest absolute Gasteiger partial charge is 0.320 e. The number of hydrogen-bond donors (Lipinski definition) is 2. The third-order valence-corrected chi connectivity index (χ3v) is 5.00. The van der Waals surface area contributed by atoms with Gasteiger partial charge in [-0.15, -0.1) is 12.4 Å². The lowest BCUT2D eigenvalue weighted by Crippen LogP contribution is -2.28. The smallest absolute Gasteiger partial charge is 0.240 e. The summed E-state index contributed by atoms with van der Waals surface area (Å²) in [5, 5.41) is 2.97. The molecule has 1 amide bonds. The molecule has 0 aromatic heterocycles. The van der Waals surface area contributed by atoms with Crippen LogP contribution in [0.4, 0.5) is 5.69 Å². The second kappa shape index (κ2) is 7.92. The first-order valence-corrected chi connectivity index (χ1v) is 8.49. The van der Waals surface area contributed by atoms with Crippen LogP contribution in [0.25, 0.3) is 0 Å². The zero-order valence-electron chi connectivity index (χ0n) is 12.8. The molecule has 1 aromatic rings. The van der Waals surface area contributed by atoms with E-state index in [1.54, 1.807) is 23.1 Å². The maximum atomic E-state index is 12.2. The SMILES string of the molecule is CNCCCNS(=O)(=O)c1ccc2c(c1)N(C(C)=O)CC2.Cl. The molecule has 124 valence electrons. The number of amides is 1. The van der Waals surface area contributed by atoms with Gasteiger partial charge in [0.1, 0.15) is 0 Å². The van der Waals surface area contributed by atoms with E-state index in [4.69, 9.17) is 0 Å². The Morgan fingerprint density at radius 2 is 2.05 bits per heavy atom. The predicted octanol–water partition coefficient (Wildman–Crippen LogP) is 0.905. The van der Waals surface area contributed by atoms with Crippen LogP contribution < -0.4 is 14.9 Å². The van der Waals surface area contributed by atoms with Crippen LogP contribution >= 0.6 is 12.4 Å². The first-order valence-electron chi connectivity index (χ1n) is 7.01. The van der Waals surface area contributed by atoms with Crippen LogP contribution in [0.3, 0.4) is 0 Å². The average molecular weight is 348 g/mol. The number of nitrogens with one attached hydrogen (secondary N) is 2. The Labute approximate surface area is 137 Å². The highest BCUT2D eigenvalue weighted by molar-refractivity contribution is 7.89. The second-order valence-electron chi connectivity index (χ2n) is 5.07. The van der Waals surface area contributed by atoms with Crippen molar-refractivity contribution in [3.63, 3.8) is 0 Å². The molecule has 0 unspecified atom stereocenters. The molecule has 1 aliphatic rings. The lowest BCUT2D eigenvalue weighted by molar-refractivity contribution is -0.116. The maximum absolute atomic E-state index is 12.2. The highest BCUT2D eigenvalue weighted by atomic mass is 35.5. The van der Waals surface area contributed by atoms with Crippen LogP contribution in [0.2, 0.25) is 0 Å². The highest BCUT2D eigenvalue weighted by Gasteiger charge is 2.24. The molecule has 2 N–H and O–H groups in total. The van der Waals surface area contributed by atoms with Crippen molar-refractivity contribution < 1.29 is 13.2 Å². The van der Waals surface area contributed by atoms with Gasteiger partial charge in [0.05, 0.1) is 4.90 Å². The Kier molecular flexibility index (Phi) is 6.80. The molecule has 0 atom stereocenters. The quantitative estimate of drug-likeness (QED) is 0.750. The molecule has 22 heavy (non-hydrogen) atoms. The summed E-state index contributed by atoms with van der Waals surface area (Å²) in [5.74, 6) is -0.0646. The van der Waals surface area contributed by atoms with Gasteiger partial charge < -0.3 is 10.2 Å². The van der Waals surface area contributed by atoms with Crippen molar-refractivity contribution >= 4 is 34.0 Å². The Morgan fingerprint density at radius 3 is 2.68 bits per heavy atom. The normalized spacial score (nSPS) is 13.6. The fraction of sp³-hybridized carbons (Fsp3) is 0.500. The number of benzene rings is 1. The molecular weight excluding hydrogens is 326 g/mol. The first-order chi connectivity index (χ1) is 9.95. The van der Waals surface area contributed by atoms with Gasteiger partial charge in [0.25, 0.3) is 0 Å². The number of nitrogens with zero attached hydrogens (tertiary/aromatic N) is 1. The van der Waals surface area contributed by atoms with E-state index in [0.717, 1.165) is 24.9 Å². The minimum absolute atomic E-state index is 0. The van der Waals surface area contributed by atoms with Crippen molar-refractivity contribution in [3.8, 4) is 0 Å². The maximum Gasteiger partial charge on any atom is 0.240 e. The third kappa shape index (κ3) is 4.19. The van der Waals surface area contributed by atoms with Crippen LogP contribution in [0.1, 0.15) is 18.9 Å². The Bertz CT molecular complexity index is 634. The zero-order chi connectivity index (χ0) is 15.5. The molecule has 0 saturated heterocycles. The van der Waals surface area contributed by atoms with Gasteiger partial charge in [-0.2, -0.15) is 0 Å². The molecule has 1 aromatic carbocycles. The first kappa shape index (κ1) is 18.9. The zero-order valence-corrected chi connectivity index (χ0v) is 14.4. The van der Waals surface area contributed by atoms with Gasteiger partial charge in [-0.25, -0.2) is 13.1 Å². The predicted molar refractivity (Wildman–Crippen MR) is 89.2 cm³/mol. The summed E-state index contributed by atoms with van der Waals surface area (Å²) in [6, 6.07) is 4.98. The molecule has 2 rings (SSSR count). The van der Waals surface area contributed by atoms with Crippen molar-refractivity contribution in [2.24, 2.45) is 0 Å². The lowest BCUT2D eigenvalue weighted by Gasteiger charge is -2.15. The van der Waals surface area contributed by atoms with E-state index in [1.165, 1.54) is 6.92 Å². The van der Waals surface area contributed by atoms with E-state index in [1.807, 2.05) is 7.05 Å². The van der Waals surface area contributed by atoms with E-state index in [2.05, 4.69) is 10.0 Å². The summed E-state index contributed by atoms with van der Waals surface area (Å²) in [6.45, 7) is 3.25. The van der Waals surface area contributed by atoms with E-state index in [0.29, 0.717) is 18.8 Å². The molecule has 1 heterocycles. The Morgan fingerprint density at radius 1 is 1.32 bits per heavy atom. The average Bonchev–Trinajstić information content (AvgIpc) is 2.86. The topological polar surface area (TPSA) is 78.5 Å². The molecule has 0 spiro atoms. The molecule has 6 nitrogen and oxygen atoms in total. The molecule has 0 bridgehead atoms. The van der Waals surface area contributed by atoms with Crippen LogP contribution in [0.5, 0.6) is 0 Å². The number of hydrogen-bond acceptors (Lipinski definition) is 4. The van der Waals surface area contributed by atoms with Gasteiger partial charge in [-0.3, -0.25) is 4.79 Å². The van der Waals surface area contributed by atoms with Gasteiger partial charge in [-0.05, 0) is 44.1 Å². The number of carbonyl (C=O) groups is 1. The minimum Gasteiger partial charge on any atom is -0.320 e. The number of sulfonamides is 1. The standard InChI is InChI=1S/C14H21N3O3S.ClH/c1-11(18)17-9-6-12-4-5-13(10-14(12)17)21(19,20)16-8-3-7-15-2;/h4-5,10,15-16H,3,6-9H2,1-2H3;1H. The van der Waals surface area contributed by atoms with Crippen LogP contribution in [0, 0.1) is 0 Å². The van der Waals surface area contributed by atoms with Crippen molar-refractivity contribution in [3.05, 3.63) is 23.8 Å². The van der Waals surface area contributed by atoms with Crippen molar-refractivity contribution in [2.45, 2.75) is 24.7 Å². The molecular formula is C14H22ClN3O3S. The van der Waals surface area contributed by atoms with E-state index in [-0.39, 0.29) is 23.2 Å². The van der Waals surface area contributed by atoms with Crippen LogP contribution in [-0.2, 0) is 21.2 Å². The van der Waals surface area contributed by atoms with Crippen molar-refractivity contribution in [1.82, 2.24) is 10.0 Å². The van der Waals surface area contributed by atoms with Crippen LogP contribution in [-0.4, -0.2) is 41.0 Å². The summed E-state index contributed by atoms with van der Waals surface area (Å²) < 4.78 is 27.0. The van der Waals surface area contributed by atoms with Gasteiger partial charge >= 0.3 is 0 Å². The number of halogens is 1. The third-order valence-electron chi connectivity index (χ3n) is 3.54. The summed E-state index contributed by atoms with van der Waals surface area (Å²) in [4.78, 5) is 13.4. The minimum atomic E-state index is -3.53. The monoisotopic (exact) mass is 347 g/mol. The van der Waals surface area contributed by atoms with E-state index < -0.39 is 10.0 Å². The molecule has 1 aliphatic heterocycles. The van der Waals surface area contributed by atoms with Crippen LogP contribution in [0.15, 0.2) is 23.1 Å². The van der Waals surface area contributed by atoms with Crippen molar-refractivity contribution in [1.29, 1.82) is 0 Å². The van der Waals surface area contributed by atoms with Crippen molar-refractivity contribution in [2.75, 3.05) is 31.6 Å². The fourth-order valence-corrected chi connectivity index (χ4v) is 3.50. The fourth-order valence-electron chi connectivity index (χ4n) is 2.41. The van der Waals surface area contributed by atoms with Gasteiger partial charge in [0, 0.05) is 25.7 Å². The van der Waals surface area contributed by atoms with Gasteiger partial charge in [-0.1, -0.05) is 6.07 Å². The molecule has 0 aliphatic carbocycles. The Balaban J connectivity index is 0.00000242. The lowest BCUT2D eigenvalue weighted by atomic mass is 10.2. The van der Waals surface area contributed by atoms with E-state index in [9.17, 15) is 13.2 Å².